The number of anilines is 1. The van der Waals surface area contributed by atoms with Gasteiger partial charge in [0.05, 0.1) is 0 Å². The number of hydrogen-bond donors (Lipinski definition) is 2. The van der Waals surface area contributed by atoms with Crippen molar-refractivity contribution >= 4 is 35.9 Å². The van der Waals surface area contributed by atoms with E-state index in [0.29, 0.717) is 6.04 Å². The Bertz CT molecular complexity index is 577. The number of likely N-dealkylation sites (N-methyl/N-ethyl adjacent to an activating group) is 1. The van der Waals surface area contributed by atoms with Crippen molar-refractivity contribution in [2.75, 3.05) is 70.9 Å². The second kappa shape index (κ2) is 12.4. The van der Waals surface area contributed by atoms with E-state index in [9.17, 15) is 0 Å². The van der Waals surface area contributed by atoms with Crippen LogP contribution in [0.5, 0.6) is 0 Å². The Morgan fingerprint density at radius 2 is 1.89 bits per heavy atom. The van der Waals surface area contributed by atoms with Gasteiger partial charge in [0.25, 0.3) is 0 Å². The predicted molar refractivity (Wildman–Crippen MR) is 126 cm³/mol. The van der Waals surface area contributed by atoms with Gasteiger partial charge >= 0.3 is 0 Å². The first-order valence-electron chi connectivity index (χ1n) is 10.2. The Hall–Kier alpha value is -1.20. The van der Waals surface area contributed by atoms with Crippen molar-refractivity contribution in [3.05, 3.63) is 18.5 Å². The van der Waals surface area contributed by atoms with E-state index in [-0.39, 0.29) is 24.0 Å². The number of rotatable bonds is 7. The molecule has 1 aromatic heterocycles. The highest BCUT2D eigenvalue weighted by atomic mass is 127. The van der Waals surface area contributed by atoms with Crippen LogP contribution in [0.4, 0.5) is 5.95 Å². The lowest BCUT2D eigenvalue weighted by molar-refractivity contribution is 0.259. The molecule has 158 valence electrons. The molecule has 2 saturated heterocycles. The van der Waals surface area contributed by atoms with Gasteiger partial charge in [0, 0.05) is 71.3 Å². The molecule has 2 aliphatic heterocycles. The summed E-state index contributed by atoms with van der Waals surface area (Å²) >= 11 is 0. The summed E-state index contributed by atoms with van der Waals surface area (Å²) in [6, 6.07) is 2.50. The third-order valence-electron chi connectivity index (χ3n) is 5.56. The largest absolute Gasteiger partial charge is 0.355 e. The number of likely N-dealkylation sites (tertiary alicyclic amines) is 1. The van der Waals surface area contributed by atoms with E-state index >= 15 is 0 Å². The van der Waals surface area contributed by atoms with E-state index in [1.165, 1.54) is 19.4 Å². The highest BCUT2D eigenvalue weighted by molar-refractivity contribution is 14.0. The van der Waals surface area contributed by atoms with Crippen LogP contribution in [0.25, 0.3) is 0 Å². The lowest BCUT2D eigenvalue weighted by atomic mass is 10.2. The molecule has 0 spiro atoms. The third-order valence-corrected chi connectivity index (χ3v) is 5.56. The molecule has 8 nitrogen and oxygen atoms in total. The normalized spacial score (nSPS) is 21.4. The molecule has 1 unspecified atom stereocenters. The first-order chi connectivity index (χ1) is 13.3. The SMILES string of the molecule is CCN1CCCC1CNC(=NC)NCCN1CCN(c2ncccn2)CC1.I. The van der Waals surface area contributed by atoms with Crippen LogP contribution in [0.15, 0.2) is 23.5 Å². The lowest BCUT2D eigenvalue weighted by Crippen LogP contribution is -2.50. The van der Waals surface area contributed by atoms with Gasteiger partial charge in [0.1, 0.15) is 0 Å². The number of nitrogens with one attached hydrogen (secondary N) is 2. The van der Waals surface area contributed by atoms with E-state index in [0.717, 1.165) is 64.3 Å². The minimum Gasteiger partial charge on any atom is -0.355 e. The van der Waals surface area contributed by atoms with Gasteiger partial charge in [-0.25, -0.2) is 9.97 Å². The summed E-state index contributed by atoms with van der Waals surface area (Å²) in [4.78, 5) is 20.3. The van der Waals surface area contributed by atoms with Crippen molar-refractivity contribution in [1.29, 1.82) is 0 Å². The average molecular weight is 502 g/mol. The second-order valence-corrected chi connectivity index (χ2v) is 7.18. The minimum absolute atomic E-state index is 0. The Morgan fingerprint density at radius 3 is 2.57 bits per heavy atom. The van der Waals surface area contributed by atoms with Crippen LogP contribution in [-0.4, -0.2) is 97.7 Å². The summed E-state index contributed by atoms with van der Waals surface area (Å²) in [5.41, 5.74) is 0. The maximum Gasteiger partial charge on any atom is 0.225 e. The summed E-state index contributed by atoms with van der Waals surface area (Å²) in [7, 11) is 1.85. The molecule has 0 amide bonds. The van der Waals surface area contributed by atoms with Gasteiger partial charge in [0.15, 0.2) is 5.96 Å². The molecular weight excluding hydrogens is 467 g/mol. The summed E-state index contributed by atoms with van der Waals surface area (Å²) in [5, 5.41) is 6.95. The Kier molecular flexibility index (Phi) is 10.2. The van der Waals surface area contributed by atoms with Gasteiger partial charge in [-0.1, -0.05) is 6.92 Å². The number of hydrogen-bond acceptors (Lipinski definition) is 6. The van der Waals surface area contributed by atoms with Crippen LogP contribution >= 0.6 is 24.0 Å². The molecule has 0 aliphatic carbocycles. The minimum atomic E-state index is 0. The highest BCUT2D eigenvalue weighted by Gasteiger charge is 2.23. The smallest absolute Gasteiger partial charge is 0.225 e. The van der Waals surface area contributed by atoms with Crippen molar-refractivity contribution in [3.8, 4) is 0 Å². The molecule has 0 aromatic carbocycles. The second-order valence-electron chi connectivity index (χ2n) is 7.18. The zero-order valence-electron chi connectivity index (χ0n) is 17.2. The first-order valence-corrected chi connectivity index (χ1v) is 10.2. The number of aliphatic imine (C=N–C) groups is 1. The molecule has 0 bridgehead atoms. The molecule has 9 heteroatoms. The predicted octanol–water partition coefficient (Wildman–Crippen LogP) is 0.866. The van der Waals surface area contributed by atoms with Crippen LogP contribution in [0.1, 0.15) is 19.8 Å². The van der Waals surface area contributed by atoms with Gasteiger partial charge in [-0.05, 0) is 32.0 Å². The summed E-state index contributed by atoms with van der Waals surface area (Å²) in [5.74, 6) is 1.75. The first kappa shape index (κ1) is 23.1. The van der Waals surface area contributed by atoms with Crippen molar-refractivity contribution in [3.63, 3.8) is 0 Å². The molecule has 0 saturated carbocycles. The summed E-state index contributed by atoms with van der Waals surface area (Å²) < 4.78 is 0. The lowest BCUT2D eigenvalue weighted by Gasteiger charge is -2.34. The van der Waals surface area contributed by atoms with Gasteiger partial charge < -0.3 is 15.5 Å². The molecular formula is C19H35IN8. The van der Waals surface area contributed by atoms with E-state index in [1.54, 1.807) is 0 Å². The molecule has 2 fully saturated rings. The van der Waals surface area contributed by atoms with Crippen LogP contribution in [0.3, 0.4) is 0 Å². The highest BCUT2D eigenvalue weighted by Crippen LogP contribution is 2.15. The van der Waals surface area contributed by atoms with Crippen LogP contribution in [-0.2, 0) is 0 Å². The molecule has 2 aliphatic rings. The topological polar surface area (TPSA) is 71.9 Å². The van der Waals surface area contributed by atoms with Gasteiger partial charge in [-0.3, -0.25) is 14.8 Å². The zero-order valence-corrected chi connectivity index (χ0v) is 19.5. The number of nitrogens with zero attached hydrogens (tertiary/aromatic N) is 6. The van der Waals surface area contributed by atoms with Crippen LogP contribution < -0.4 is 15.5 Å². The summed E-state index contributed by atoms with van der Waals surface area (Å²) in [6.07, 6.45) is 6.21. The molecule has 2 N–H and O–H groups in total. The van der Waals surface area contributed by atoms with Gasteiger partial charge in [0.2, 0.25) is 5.95 Å². The number of guanidine groups is 1. The monoisotopic (exact) mass is 502 g/mol. The standard InChI is InChI=1S/C19H34N8.HI/c1-3-26-10-4-6-17(26)16-24-18(20-2)21-9-11-25-12-14-27(15-13-25)19-22-7-5-8-23-19;/h5,7-8,17H,3-4,6,9-16H2,1-2H3,(H2,20,21,24);1H. The van der Waals surface area contributed by atoms with Crippen molar-refractivity contribution in [1.82, 2.24) is 30.4 Å². The van der Waals surface area contributed by atoms with E-state index in [2.05, 4.69) is 47.2 Å². The molecule has 28 heavy (non-hydrogen) atoms. The van der Waals surface area contributed by atoms with E-state index < -0.39 is 0 Å². The maximum absolute atomic E-state index is 4.37. The molecule has 3 heterocycles. The number of piperazine rings is 1. The van der Waals surface area contributed by atoms with Crippen molar-refractivity contribution in [2.24, 2.45) is 4.99 Å². The van der Waals surface area contributed by atoms with Gasteiger partial charge in [-0.15, -0.1) is 24.0 Å². The van der Waals surface area contributed by atoms with E-state index in [1.807, 2.05) is 25.5 Å². The van der Waals surface area contributed by atoms with Crippen molar-refractivity contribution < 1.29 is 0 Å². The van der Waals surface area contributed by atoms with Crippen molar-refractivity contribution in [2.45, 2.75) is 25.8 Å². The average Bonchev–Trinajstić information content (AvgIpc) is 3.19. The fraction of sp³-hybridized carbons (Fsp3) is 0.737. The molecule has 1 aromatic rings. The number of aromatic nitrogens is 2. The summed E-state index contributed by atoms with van der Waals surface area (Å²) in [6.45, 7) is 11.6. The maximum atomic E-state index is 4.37. The fourth-order valence-electron chi connectivity index (χ4n) is 3.94. The fourth-order valence-corrected chi connectivity index (χ4v) is 3.94. The molecule has 0 radical (unpaired) electrons. The third kappa shape index (κ3) is 6.70. The molecule has 1 atom stereocenters. The Balaban J connectivity index is 0.00000280. The quantitative estimate of drug-likeness (QED) is 0.326. The van der Waals surface area contributed by atoms with Gasteiger partial charge in [-0.2, -0.15) is 0 Å². The molecule has 3 rings (SSSR count). The zero-order chi connectivity index (χ0) is 18.9. The number of halogens is 1. The van der Waals surface area contributed by atoms with Crippen LogP contribution in [0, 0.1) is 0 Å². The van der Waals surface area contributed by atoms with Crippen LogP contribution in [0.2, 0.25) is 0 Å². The Morgan fingerprint density at radius 1 is 1.14 bits per heavy atom. The Labute approximate surface area is 186 Å². The van der Waals surface area contributed by atoms with E-state index in [4.69, 9.17) is 0 Å².